The van der Waals surface area contributed by atoms with Crippen molar-refractivity contribution >= 4 is 60.6 Å². The second-order valence-corrected chi connectivity index (χ2v) is 9.28. The van der Waals surface area contributed by atoms with Gasteiger partial charge in [0, 0.05) is 16.5 Å². The summed E-state index contributed by atoms with van der Waals surface area (Å²) in [6.07, 6.45) is 2.06. The third kappa shape index (κ3) is 5.18. The van der Waals surface area contributed by atoms with Gasteiger partial charge in [0.2, 0.25) is 0 Å². The Bertz CT molecular complexity index is 1420. The molecule has 168 valence electrons. The predicted octanol–water partition coefficient (Wildman–Crippen LogP) is 6.74. The number of rotatable bonds is 6. The number of halogens is 4. The molecule has 3 aromatic carbocycles. The zero-order chi connectivity index (χ0) is 23.5. The van der Waals surface area contributed by atoms with Gasteiger partial charge in [-0.15, -0.1) is 0 Å². The second-order valence-electron chi connectivity index (χ2n) is 7.10. The standard InChI is InChI=1S/C24H17Br2ClFN3O2/c1-2-22-30-21-8-7-16(25)11-17(21)24(32)31(22)29-12-14-9-18(26)23(19(27)10-14)33-13-15-5-3-4-6-20(15)28/h3-12H,2,13H2,1H3. The average Bonchev–Trinajstić information content (AvgIpc) is 2.79. The van der Waals surface area contributed by atoms with E-state index in [2.05, 4.69) is 41.9 Å². The fourth-order valence-electron chi connectivity index (χ4n) is 3.22. The van der Waals surface area contributed by atoms with Gasteiger partial charge in [-0.3, -0.25) is 4.79 Å². The van der Waals surface area contributed by atoms with E-state index in [-0.39, 0.29) is 18.0 Å². The quantitative estimate of drug-likeness (QED) is 0.233. The minimum Gasteiger partial charge on any atom is -0.486 e. The van der Waals surface area contributed by atoms with E-state index >= 15 is 0 Å². The summed E-state index contributed by atoms with van der Waals surface area (Å²) < 4.78 is 22.2. The first-order valence-corrected chi connectivity index (χ1v) is 11.9. The number of hydrogen-bond donors (Lipinski definition) is 0. The number of ether oxygens (including phenoxy) is 1. The molecule has 0 fully saturated rings. The molecule has 0 saturated heterocycles. The molecule has 1 aromatic heterocycles. The van der Waals surface area contributed by atoms with Crippen LogP contribution in [0.5, 0.6) is 5.75 Å². The molecule has 1 heterocycles. The number of nitrogens with zero attached hydrogens (tertiary/aromatic N) is 3. The van der Waals surface area contributed by atoms with Gasteiger partial charge in [-0.1, -0.05) is 52.7 Å². The first-order valence-electron chi connectivity index (χ1n) is 9.98. The molecule has 5 nitrogen and oxygen atoms in total. The molecule has 0 amide bonds. The number of aromatic nitrogens is 2. The Hall–Kier alpha value is -2.55. The molecule has 0 aliphatic carbocycles. The van der Waals surface area contributed by atoms with Gasteiger partial charge in [0.05, 0.1) is 26.6 Å². The van der Waals surface area contributed by atoms with Gasteiger partial charge in [0.25, 0.3) is 5.56 Å². The van der Waals surface area contributed by atoms with Gasteiger partial charge < -0.3 is 4.74 Å². The summed E-state index contributed by atoms with van der Waals surface area (Å²) >= 11 is 13.2. The number of fused-ring (bicyclic) bond motifs is 1. The highest BCUT2D eigenvalue weighted by molar-refractivity contribution is 9.10. The summed E-state index contributed by atoms with van der Waals surface area (Å²) in [4.78, 5) is 17.6. The Morgan fingerprint density at radius 2 is 1.97 bits per heavy atom. The van der Waals surface area contributed by atoms with Crippen molar-refractivity contribution in [2.24, 2.45) is 5.10 Å². The van der Waals surface area contributed by atoms with Crippen LogP contribution in [0, 0.1) is 5.82 Å². The summed E-state index contributed by atoms with van der Waals surface area (Å²) in [6, 6.07) is 15.2. The van der Waals surface area contributed by atoms with E-state index in [0.717, 1.165) is 4.47 Å². The minimum atomic E-state index is -0.346. The first-order chi connectivity index (χ1) is 15.9. The normalized spacial score (nSPS) is 11.4. The van der Waals surface area contributed by atoms with Gasteiger partial charge >= 0.3 is 0 Å². The molecule has 0 unspecified atom stereocenters. The molecule has 0 bridgehead atoms. The fourth-order valence-corrected chi connectivity index (χ4v) is 4.57. The monoisotopic (exact) mass is 591 g/mol. The molecular formula is C24H17Br2ClFN3O2. The Labute approximate surface area is 211 Å². The summed E-state index contributed by atoms with van der Waals surface area (Å²) in [5, 5.41) is 5.17. The molecule has 0 aliphatic rings. The largest absolute Gasteiger partial charge is 0.486 e. The van der Waals surface area contributed by atoms with E-state index in [0.29, 0.717) is 49.5 Å². The molecular weight excluding hydrogens is 577 g/mol. The van der Waals surface area contributed by atoms with Crippen molar-refractivity contribution in [2.75, 3.05) is 0 Å². The van der Waals surface area contributed by atoms with Crippen molar-refractivity contribution in [1.29, 1.82) is 0 Å². The molecule has 0 saturated carbocycles. The molecule has 0 spiro atoms. The Morgan fingerprint density at radius 3 is 2.70 bits per heavy atom. The zero-order valence-corrected chi connectivity index (χ0v) is 21.3. The van der Waals surface area contributed by atoms with Crippen LogP contribution in [-0.4, -0.2) is 15.9 Å². The van der Waals surface area contributed by atoms with Crippen LogP contribution in [0.25, 0.3) is 10.9 Å². The summed E-state index contributed by atoms with van der Waals surface area (Å²) in [7, 11) is 0. The highest BCUT2D eigenvalue weighted by Crippen LogP contribution is 2.35. The van der Waals surface area contributed by atoms with Gasteiger partial charge in [0.15, 0.2) is 5.75 Å². The van der Waals surface area contributed by atoms with Crippen molar-refractivity contribution in [1.82, 2.24) is 9.66 Å². The molecule has 0 radical (unpaired) electrons. The molecule has 4 rings (SSSR count). The lowest BCUT2D eigenvalue weighted by Crippen LogP contribution is -2.22. The molecule has 0 aliphatic heterocycles. The first kappa shape index (κ1) is 23.6. The lowest BCUT2D eigenvalue weighted by atomic mass is 10.2. The fraction of sp³-hybridized carbons (Fsp3) is 0.125. The van der Waals surface area contributed by atoms with Gasteiger partial charge in [0.1, 0.15) is 18.2 Å². The average molecular weight is 594 g/mol. The van der Waals surface area contributed by atoms with E-state index in [4.69, 9.17) is 16.3 Å². The molecule has 9 heteroatoms. The maximum absolute atomic E-state index is 13.9. The predicted molar refractivity (Wildman–Crippen MR) is 136 cm³/mol. The van der Waals surface area contributed by atoms with Crippen LogP contribution in [0.1, 0.15) is 23.9 Å². The third-order valence-electron chi connectivity index (χ3n) is 4.86. The van der Waals surface area contributed by atoms with Crippen LogP contribution >= 0.6 is 43.5 Å². The van der Waals surface area contributed by atoms with Gasteiger partial charge in [-0.05, 0) is 57.9 Å². The maximum Gasteiger partial charge on any atom is 0.282 e. The molecule has 33 heavy (non-hydrogen) atoms. The van der Waals surface area contributed by atoms with Crippen LogP contribution in [0.3, 0.4) is 0 Å². The van der Waals surface area contributed by atoms with Crippen LogP contribution in [0.15, 0.2) is 73.4 Å². The smallest absolute Gasteiger partial charge is 0.282 e. The Morgan fingerprint density at radius 1 is 1.18 bits per heavy atom. The third-order valence-corrected chi connectivity index (χ3v) is 6.23. The van der Waals surface area contributed by atoms with Crippen molar-refractivity contribution in [3.63, 3.8) is 0 Å². The Balaban J connectivity index is 1.64. The molecule has 0 N–H and O–H groups in total. The van der Waals surface area contributed by atoms with Gasteiger partial charge in [-0.25, -0.2) is 9.37 Å². The van der Waals surface area contributed by atoms with Crippen LogP contribution < -0.4 is 10.3 Å². The number of benzene rings is 3. The highest BCUT2D eigenvalue weighted by Gasteiger charge is 2.12. The maximum atomic E-state index is 13.9. The van der Waals surface area contributed by atoms with Crippen molar-refractivity contribution in [3.8, 4) is 5.75 Å². The van der Waals surface area contributed by atoms with E-state index in [1.807, 2.05) is 13.0 Å². The summed E-state index contributed by atoms with van der Waals surface area (Å²) in [5.74, 6) is 0.587. The minimum absolute atomic E-state index is 0.0337. The second kappa shape index (κ2) is 10.2. The summed E-state index contributed by atoms with van der Waals surface area (Å²) in [5.41, 5.74) is 1.43. The molecule has 4 aromatic rings. The topological polar surface area (TPSA) is 56.5 Å². The SMILES string of the molecule is CCc1nc2ccc(Br)cc2c(=O)n1N=Cc1cc(Cl)c(OCc2ccccc2F)c(Br)c1. The van der Waals surface area contributed by atoms with Crippen LogP contribution in [0.2, 0.25) is 5.02 Å². The highest BCUT2D eigenvalue weighted by atomic mass is 79.9. The van der Waals surface area contributed by atoms with E-state index in [1.165, 1.54) is 17.0 Å². The van der Waals surface area contributed by atoms with Crippen molar-refractivity contribution in [3.05, 3.63) is 102 Å². The molecule has 0 atom stereocenters. The van der Waals surface area contributed by atoms with Crippen molar-refractivity contribution < 1.29 is 9.13 Å². The van der Waals surface area contributed by atoms with Crippen molar-refractivity contribution in [2.45, 2.75) is 20.0 Å². The van der Waals surface area contributed by atoms with E-state index in [9.17, 15) is 9.18 Å². The lowest BCUT2D eigenvalue weighted by Gasteiger charge is -2.12. The van der Waals surface area contributed by atoms with Crippen LogP contribution in [-0.2, 0) is 13.0 Å². The Kier molecular flexibility index (Phi) is 7.26. The van der Waals surface area contributed by atoms with Crippen LogP contribution in [0.4, 0.5) is 4.39 Å². The zero-order valence-electron chi connectivity index (χ0n) is 17.4. The lowest BCUT2D eigenvalue weighted by molar-refractivity contribution is 0.298. The van der Waals surface area contributed by atoms with E-state index < -0.39 is 0 Å². The number of aryl methyl sites for hydroxylation is 1. The van der Waals surface area contributed by atoms with E-state index in [1.54, 1.807) is 42.5 Å². The number of hydrogen-bond acceptors (Lipinski definition) is 4. The summed E-state index contributed by atoms with van der Waals surface area (Å²) in [6.45, 7) is 1.94. The van der Waals surface area contributed by atoms with Gasteiger partial charge in [-0.2, -0.15) is 9.78 Å².